The molecule has 7 nitrogen and oxygen atoms in total. The van der Waals surface area contributed by atoms with Crippen LogP contribution >= 0.6 is 11.3 Å². The number of aromatic nitrogens is 4. The Hall–Kier alpha value is -4.35. The van der Waals surface area contributed by atoms with E-state index in [0.717, 1.165) is 22.6 Å². The molecule has 8 heteroatoms. The summed E-state index contributed by atoms with van der Waals surface area (Å²) in [6, 6.07) is 15.4. The van der Waals surface area contributed by atoms with E-state index in [0.29, 0.717) is 20.5 Å². The molecule has 0 atom stereocenters. The summed E-state index contributed by atoms with van der Waals surface area (Å²) < 4.78 is 3.89. The lowest BCUT2D eigenvalue weighted by Crippen LogP contribution is -2.34. The fourth-order valence-corrected chi connectivity index (χ4v) is 4.75. The smallest absolute Gasteiger partial charge is 0.269 e. The van der Waals surface area contributed by atoms with Gasteiger partial charge in [-0.2, -0.15) is 10.4 Å². The lowest BCUT2D eigenvalue weighted by atomic mass is 9.87. The van der Waals surface area contributed by atoms with E-state index in [2.05, 4.69) is 11.6 Å². The second-order valence-corrected chi connectivity index (χ2v) is 10.2. The SMILES string of the molecule is C=CCn1c(=C(C#N)C(=O)C(C)(C)C)sc(=Cc2cn(-c3ccccc3)nc2-c2cccnc2)c1=O. The molecule has 0 radical (unpaired) electrons. The highest BCUT2D eigenvalue weighted by atomic mass is 32.1. The Morgan fingerprint density at radius 1 is 1.19 bits per heavy atom. The minimum Gasteiger partial charge on any atom is -0.294 e. The minimum absolute atomic E-state index is 0.0291. The number of allylic oxidation sites excluding steroid dienone is 1. The van der Waals surface area contributed by atoms with Gasteiger partial charge in [0.15, 0.2) is 5.78 Å². The molecular weight excluding hydrogens is 470 g/mol. The fraction of sp³-hybridized carbons (Fsp3) is 0.179. The molecule has 0 bridgehead atoms. The first-order valence-corrected chi connectivity index (χ1v) is 12.1. The maximum absolute atomic E-state index is 13.4. The number of Topliss-reactive ketones (excluding diaryl/α,β-unsaturated/α-hetero) is 1. The van der Waals surface area contributed by atoms with E-state index in [-0.39, 0.29) is 23.5 Å². The summed E-state index contributed by atoms with van der Waals surface area (Å²) in [6.45, 7) is 9.17. The number of rotatable bonds is 6. The van der Waals surface area contributed by atoms with Crippen molar-refractivity contribution in [1.29, 1.82) is 5.26 Å². The number of nitriles is 1. The molecule has 4 rings (SSSR count). The highest BCUT2D eigenvalue weighted by Crippen LogP contribution is 2.24. The zero-order valence-corrected chi connectivity index (χ0v) is 21.1. The van der Waals surface area contributed by atoms with Gasteiger partial charge < -0.3 is 0 Å². The third kappa shape index (κ3) is 4.88. The molecule has 3 heterocycles. The van der Waals surface area contributed by atoms with Crippen LogP contribution in [-0.4, -0.2) is 25.1 Å². The summed E-state index contributed by atoms with van der Waals surface area (Å²) >= 11 is 1.12. The zero-order valence-electron chi connectivity index (χ0n) is 20.3. The molecule has 0 aliphatic carbocycles. The molecule has 0 unspecified atom stereocenters. The number of carbonyl (C=O) groups is 1. The predicted molar refractivity (Wildman–Crippen MR) is 142 cm³/mol. The van der Waals surface area contributed by atoms with Gasteiger partial charge in [0.05, 0.1) is 10.2 Å². The van der Waals surface area contributed by atoms with Crippen LogP contribution in [-0.2, 0) is 11.3 Å². The van der Waals surface area contributed by atoms with E-state index in [4.69, 9.17) is 5.10 Å². The fourth-order valence-electron chi connectivity index (χ4n) is 3.65. The minimum atomic E-state index is -0.766. The van der Waals surface area contributed by atoms with Crippen molar-refractivity contribution in [3.63, 3.8) is 0 Å². The van der Waals surface area contributed by atoms with Crippen LogP contribution in [0.2, 0.25) is 0 Å². The Bertz CT molecular complexity index is 1650. The van der Waals surface area contributed by atoms with E-state index >= 15 is 0 Å². The van der Waals surface area contributed by atoms with E-state index in [9.17, 15) is 14.9 Å². The lowest BCUT2D eigenvalue weighted by molar-refractivity contribution is -0.120. The summed E-state index contributed by atoms with van der Waals surface area (Å²) in [4.78, 5) is 30.6. The number of nitrogens with zero attached hydrogens (tertiary/aromatic N) is 5. The summed E-state index contributed by atoms with van der Waals surface area (Å²) in [6.07, 6.45) is 8.58. The Labute approximate surface area is 212 Å². The lowest BCUT2D eigenvalue weighted by Gasteiger charge is -2.15. The van der Waals surface area contributed by atoms with E-state index < -0.39 is 5.41 Å². The van der Waals surface area contributed by atoms with Crippen molar-refractivity contribution in [1.82, 2.24) is 19.3 Å². The molecule has 0 N–H and O–H groups in total. The third-order valence-electron chi connectivity index (χ3n) is 5.44. The Morgan fingerprint density at radius 3 is 2.56 bits per heavy atom. The number of pyridine rings is 1. The summed E-state index contributed by atoms with van der Waals surface area (Å²) in [5.41, 5.74) is 1.95. The number of hydrogen-bond donors (Lipinski definition) is 0. The van der Waals surface area contributed by atoms with Crippen LogP contribution in [0.25, 0.3) is 28.6 Å². The van der Waals surface area contributed by atoms with Crippen LogP contribution in [0, 0.1) is 16.7 Å². The molecule has 180 valence electrons. The molecule has 3 aromatic heterocycles. The molecule has 0 saturated carbocycles. The van der Waals surface area contributed by atoms with Gasteiger partial charge in [-0.05, 0) is 30.3 Å². The number of thiazole rings is 1. The van der Waals surface area contributed by atoms with Crippen molar-refractivity contribution in [2.45, 2.75) is 27.3 Å². The topological polar surface area (TPSA) is 93.6 Å². The van der Waals surface area contributed by atoms with Crippen molar-refractivity contribution in [3.05, 3.63) is 98.8 Å². The van der Waals surface area contributed by atoms with Crippen LogP contribution in [0.3, 0.4) is 0 Å². The maximum Gasteiger partial charge on any atom is 0.269 e. The number of carbonyl (C=O) groups excluding carboxylic acids is 1. The molecule has 0 aliphatic heterocycles. The predicted octanol–water partition coefficient (Wildman–Crippen LogP) is 3.46. The average molecular weight is 496 g/mol. The van der Waals surface area contributed by atoms with Gasteiger partial charge in [0.25, 0.3) is 5.56 Å². The second kappa shape index (κ2) is 10.1. The summed E-state index contributed by atoms with van der Waals surface area (Å²) in [5, 5.41) is 14.6. The van der Waals surface area contributed by atoms with Gasteiger partial charge in [-0.1, -0.05) is 45.0 Å². The Morgan fingerprint density at radius 2 is 1.94 bits per heavy atom. The number of para-hydroxylation sites is 1. The molecule has 4 aromatic rings. The first kappa shape index (κ1) is 24.8. The van der Waals surface area contributed by atoms with Gasteiger partial charge in [-0.25, -0.2) is 4.68 Å². The molecule has 0 fully saturated rings. The van der Waals surface area contributed by atoms with Crippen molar-refractivity contribution in [3.8, 4) is 23.0 Å². The van der Waals surface area contributed by atoms with Crippen LogP contribution in [0.4, 0.5) is 0 Å². The first-order chi connectivity index (χ1) is 17.2. The number of benzene rings is 1. The molecule has 0 amide bonds. The summed E-state index contributed by atoms with van der Waals surface area (Å²) in [7, 11) is 0. The summed E-state index contributed by atoms with van der Waals surface area (Å²) in [5.74, 6) is -0.316. The van der Waals surface area contributed by atoms with Gasteiger partial charge in [0.2, 0.25) is 0 Å². The standard InChI is InChI=1S/C28H25N5O2S/c1-5-14-32-26(35)23(36-27(32)22(16-29)25(34)28(2,3)4)15-20-18-33(21-11-7-6-8-12-21)31-24(20)19-10-9-13-30-17-19/h5-13,15,17-18H,1,14H2,2-4H3. The van der Waals surface area contributed by atoms with Crippen LogP contribution in [0.1, 0.15) is 26.3 Å². The molecule has 1 aromatic carbocycles. The van der Waals surface area contributed by atoms with E-state index in [1.807, 2.05) is 54.7 Å². The molecule has 0 spiro atoms. The van der Waals surface area contributed by atoms with Gasteiger partial charge in [-0.3, -0.25) is 19.1 Å². The zero-order chi connectivity index (χ0) is 25.9. The van der Waals surface area contributed by atoms with Crippen molar-refractivity contribution >= 4 is 28.8 Å². The van der Waals surface area contributed by atoms with Gasteiger partial charge >= 0.3 is 0 Å². The maximum atomic E-state index is 13.4. The van der Waals surface area contributed by atoms with Gasteiger partial charge in [0, 0.05) is 41.7 Å². The normalized spacial score (nSPS) is 12.8. The second-order valence-electron chi connectivity index (χ2n) is 9.14. The highest BCUT2D eigenvalue weighted by molar-refractivity contribution is 7.07. The van der Waals surface area contributed by atoms with Crippen molar-refractivity contribution in [2.24, 2.45) is 5.41 Å². The monoisotopic (exact) mass is 495 g/mol. The van der Waals surface area contributed by atoms with Crippen molar-refractivity contribution < 1.29 is 4.79 Å². The number of hydrogen-bond acceptors (Lipinski definition) is 6. The van der Waals surface area contributed by atoms with Crippen molar-refractivity contribution in [2.75, 3.05) is 0 Å². The van der Waals surface area contributed by atoms with Gasteiger partial charge in [0.1, 0.15) is 22.0 Å². The van der Waals surface area contributed by atoms with Gasteiger partial charge in [-0.15, -0.1) is 17.9 Å². The van der Waals surface area contributed by atoms with E-state index in [1.165, 1.54) is 4.57 Å². The molecular formula is C28H25N5O2S. The van der Waals surface area contributed by atoms with Crippen LogP contribution in [0.5, 0.6) is 0 Å². The average Bonchev–Trinajstić information content (AvgIpc) is 3.43. The highest BCUT2D eigenvalue weighted by Gasteiger charge is 2.27. The number of ketones is 1. The Kier molecular flexibility index (Phi) is 6.95. The molecule has 0 saturated heterocycles. The molecule has 36 heavy (non-hydrogen) atoms. The third-order valence-corrected chi connectivity index (χ3v) is 6.57. The quantitative estimate of drug-likeness (QED) is 0.382. The first-order valence-electron chi connectivity index (χ1n) is 11.3. The molecule has 0 aliphatic rings. The van der Waals surface area contributed by atoms with E-state index in [1.54, 1.807) is 50.0 Å². The Balaban J connectivity index is 2.01. The largest absolute Gasteiger partial charge is 0.294 e. The van der Waals surface area contributed by atoms with Crippen LogP contribution in [0.15, 0.2) is 78.5 Å². The van der Waals surface area contributed by atoms with Crippen LogP contribution < -0.4 is 14.8 Å².